The zero-order chi connectivity index (χ0) is 14.9. The molecule has 0 fully saturated rings. The Morgan fingerprint density at radius 2 is 2.10 bits per heavy atom. The summed E-state index contributed by atoms with van der Waals surface area (Å²) in [7, 11) is 2.11. The van der Waals surface area contributed by atoms with E-state index in [-0.39, 0.29) is 11.4 Å². The van der Waals surface area contributed by atoms with E-state index < -0.39 is 4.92 Å². The van der Waals surface area contributed by atoms with Crippen molar-refractivity contribution in [1.82, 2.24) is 0 Å². The number of benzene rings is 1. The number of phenolic OH excluding ortho intramolecular Hbond substituents is 1. The summed E-state index contributed by atoms with van der Waals surface area (Å²) in [6.45, 7) is 5.32. The van der Waals surface area contributed by atoms with Crippen molar-refractivity contribution < 1.29 is 14.5 Å². The fourth-order valence-electron chi connectivity index (χ4n) is 2.58. The average Bonchev–Trinajstić information content (AvgIpc) is 2.69. The monoisotopic (exact) mass is 275 g/mol. The lowest BCUT2D eigenvalue weighted by molar-refractivity contribution is -0.807. The Balaban J connectivity index is 2.30. The third-order valence-electron chi connectivity index (χ3n) is 3.29. The molecule has 0 saturated carbocycles. The lowest BCUT2D eigenvalue weighted by atomic mass is 10.1. The van der Waals surface area contributed by atoms with Crippen molar-refractivity contribution >= 4 is 11.3 Å². The number of nitrogens with zero attached hydrogens (tertiary/aromatic N) is 2. The van der Waals surface area contributed by atoms with Crippen LogP contribution in [0, 0.1) is 16.0 Å². The first-order valence-corrected chi connectivity index (χ1v) is 6.55. The van der Waals surface area contributed by atoms with Gasteiger partial charge in [0.1, 0.15) is 12.4 Å². The van der Waals surface area contributed by atoms with Crippen LogP contribution in [-0.4, -0.2) is 28.1 Å². The highest BCUT2D eigenvalue weighted by Gasteiger charge is 2.25. The molecule has 1 N–H and O–H groups in total. The predicted molar refractivity (Wildman–Crippen MR) is 77.8 cm³/mol. The maximum Gasteiger partial charge on any atom is 0.310 e. The molecule has 0 bridgehead atoms. The summed E-state index contributed by atoms with van der Waals surface area (Å²) in [6.07, 6.45) is 6.18. The van der Waals surface area contributed by atoms with Crippen molar-refractivity contribution in [3.05, 3.63) is 52.4 Å². The summed E-state index contributed by atoms with van der Waals surface area (Å²) in [6, 6.07) is 4.45. The van der Waals surface area contributed by atoms with Crippen molar-refractivity contribution in [2.75, 3.05) is 13.6 Å². The number of hydrogen-bond acceptors (Lipinski definition) is 3. The second kappa shape index (κ2) is 5.09. The Hall–Kier alpha value is -2.14. The molecule has 0 aromatic heterocycles. The second-order valence-electron chi connectivity index (χ2n) is 5.78. The van der Waals surface area contributed by atoms with Crippen molar-refractivity contribution in [3.8, 4) is 5.75 Å². The van der Waals surface area contributed by atoms with Gasteiger partial charge in [-0.2, -0.15) is 0 Å². The molecule has 0 amide bonds. The highest BCUT2D eigenvalue weighted by molar-refractivity contribution is 5.76. The molecule has 1 aliphatic rings. The number of rotatable bonds is 4. The summed E-state index contributed by atoms with van der Waals surface area (Å²) in [5.74, 6) is 0.261. The van der Waals surface area contributed by atoms with Gasteiger partial charge in [-0.15, -0.1) is 0 Å². The van der Waals surface area contributed by atoms with Gasteiger partial charge in [0, 0.05) is 23.6 Å². The van der Waals surface area contributed by atoms with E-state index in [0.717, 1.165) is 17.7 Å². The molecule has 1 aromatic rings. The zero-order valence-electron chi connectivity index (χ0n) is 11.9. The largest absolute Gasteiger partial charge is 0.502 e. The molecule has 0 saturated heterocycles. The van der Waals surface area contributed by atoms with Crippen LogP contribution in [0.5, 0.6) is 5.75 Å². The summed E-state index contributed by atoms with van der Waals surface area (Å²) < 4.78 is 0.699. The number of hydrogen-bond donors (Lipinski definition) is 1. The molecule has 2 rings (SSSR count). The van der Waals surface area contributed by atoms with E-state index in [1.165, 1.54) is 12.1 Å². The summed E-state index contributed by atoms with van der Waals surface area (Å²) in [5.41, 5.74) is 1.49. The van der Waals surface area contributed by atoms with Gasteiger partial charge in [0.2, 0.25) is 0 Å². The fourth-order valence-corrected chi connectivity index (χ4v) is 2.58. The number of nitro groups is 1. The molecule has 1 unspecified atom stereocenters. The Morgan fingerprint density at radius 3 is 2.65 bits per heavy atom. The van der Waals surface area contributed by atoms with E-state index in [9.17, 15) is 15.2 Å². The standard InChI is InChI=1S/C15H18N2O3/c1-11(2)9-17(3)7-6-13(10-17)12-4-5-14(16(19)20)15(18)8-12/h4-8,10-11H,9H2,1-3H3/p+1. The minimum absolute atomic E-state index is 0.268. The van der Waals surface area contributed by atoms with E-state index in [1.54, 1.807) is 6.07 Å². The average molecular weight is 275 g/mol. The molecule has 0 aliphatic carbocycles. The van der Waals surface area contributed by atoms with Crippen LogP contribution in [0.4, 0.5) is 5.69 Å². The first kappa shape index (κ1) is 14.3. The molecule has 1 atom stereocenters. The first-order valence-electron chi connectivity index (χ1n) is 6.55. The molecule has 5 nitrogen and oxygen atoms in total. The van der Waals surface area contributed by atoms with Crippen molar-refractivity contribution in [2.24, 2.45) is 5.92 Å². The molecular weight excluding hydrogens is 256 g/mol. The van der Waals surface area contributed by atoms with Crippen LogP contribution >= 0.6 is 0 Å². The number of aromatic hydroxyl groups is 1. The Labute approximate surface area is 118 Å². The molecule has 0 spiro atoms. The van der Waals surface area contributed by atoms with Crippen LogP contribution in [0.1, 0.15) is 19.4 Å². The predicted octanol–water partition coefficient (Wildman–Crippen LogP) is 3.27. The Morgan fingerprint density at radius 1 is 1.40 bits per heavy atom. The number of nitro benzene ring substituents is 1. The summed E-state index contributed by atoms with van der Waals surface area (Å²) in [4.78, 5) is 10.1. The Kier molecular flexibility index (Phi) is 3.63. The maximum absolute atomic E-state index is 10.7. The lowest BCUT2D eigenvalue weighted by Crippen LogP contribution is -2.34. The topological polar surface area (TPSA) is 63.4 Å². The van der Waals surface area contributed by atoms with Crippen LogP contribution < -0.4 is 0 Å². The maximum atomic E-state index is 10.7. The van der Waals surface area contributed by atoms with Crippen LogP contribution in [0.2, 0.25) is 0 Å². The number of quaternary nitrogens is 1. The highest BCUT2D eigenvalue weighted by Crippen LogP contribution is 2.33. The minimum atomic E-state index is -0.586. The van der Waals surface area contributed by atoms with Crippen LogP contribution in [0.25, 0.3) is 5.57 Å². The molecule has 1 aliphatic heterocycles. The SMILES string of the molecule is CC(C)C[N+]1(C)C=CC(c2ccc([N+](=O)[O-])c(O)c2)=C1. The van der Waals surface area contributed by atoms with Gasteiger partial charge in [0.05, 0.1) is 18.5 Å². The van der Waals surface area contributed by atoms with Gasteiger partial charge < -0.3 is 5.11 Å². The van der Waals surface area contributed by atoms with Gasteiger partial charge in [-0.05, 0) is 17.7 Å². The van der Waals surface area contributed by atoms with Gasteiger partial charge in [-0.1, -0.05) is 13.8 Å². The van der Waals surface area contributed by atoms with Gasteiger partial charge in [0.15, 0.2) is 5.75 Å². The van der Waals surface area contributed by atoms with Crippen LogP contribution in [0.3, 0.4) is 0 Å². The fraction of sp³-hybridized carbons (Fsp3) is 0.333. The molecule has 20 heavy (non-hydrogen) atoms. The number of phenols is 1. The molecule has 5 heteroatoms. The molecule has 106 valence electrons. The van der Waals surface area contributed by atoms with E-state index >= 15 is 0 Å². The van der Waals surface area contributed by atoms with Gasteiger partial charge >= 0.3 is 5.69 Å². The quantitative estimate of drug-likeness (QED) is 0.521. The van der Waals surface area contributed by atoms with E-state index in [0.29, 0.717) is 10.4 Å². The van der Waals surface area contributed by atoms with Crippen molar-refractivity contribution in [2.45, 2.75) is 13.8 Å². The molecule has 1 heterocycles. The van der Waals surface area contributed by atoms with Gasteiger partial charge in [-0.3, -0.25) is 14.6 Å². The molecule has 0 radical (unpaired) electrons. The summed E-state index contributed by atoms with van der Waals surface area (Å²) >= 11 is 0. The van der Waals surface area contributed by atoms with E-state index in [1.807, 2.05) is 6.08 Å². The lowest BCUT2D eigenvalue weighted by Gasteiger charge is -2.25. The highest BCUT2D eigenvalue weighted by atomic mass is 16.6. The van der Waals surface area contributed by atoms with E-state index in [4.69, 9.17) is 0 Å². The minimum Gasteiger partial charge on any atom is -0.502 e. The van der Waals surface area contributed by atoms with Crippen LogP contribution in [-0.2, 0) is 0 Å². The Bertz CT molecular complexity index is 605. The molecular formula is C15H19N2O3+. The van der Waals surface area contributed by atoms with Crippen molar-refractivity contribution in [3.63, 3.8) is 0 Å². The second-order valence-corrected chi connectivity index (χ2v) is 5.78. The summed E-state index contributed by atoms with van der Waals surface area (Å²) in [5, 5.41) is 20.4. The zero-order valence-corrected chi connectivity index (χ0v) is 11.9. The molecule has 1 aromatic carbocycles. The number of allylic oxidation sites excluding steroid dienone is 2. The van der Waals surface area contributed by atoms with Gasteiger partial charge in [0.25, 0.3) is 0 Å². The third kappa shape index (κ3) is 2.88. The van der Waals surface area contributed by atoms with Crippen LogP contribution in [0.15, 0.2) is 36.7 Å². The first-order chi connectivity index (χ1) is 9.31. The normalized spacial score (nSPS) is 21.3. The third-order valence-corrected chi connectivity index (χ3v) is 3.29. The van der Waals surface area contributed by atoms with E-state index in [2.05, 4.69) is 33.3 Å². The van der Waals surface area contributed by atoms with Gasteiger partial charge in [-0.25, -0.2) is 0 Å². The van der Waals surface area contributed by atoms with Crippen molar-refractivity contribution in [1.29, 1.82) is 0 Å². The smallest absolute Gasteiger partial charge is 0.310 e.